The monoisotopic (exact) mass is 268 g/mol. The number of nitrogens with zero attached hydrogens (tertiary/aromatic N) is 3. The number of hydrogen-bond acceptors (Lipinski definition) is 7. The van der Waals surface area contributed by atoms with E-state index in [-0.39, 0.29) is 0 Å². The lowest BCUT2D eigenvalue weighted by atomic mass is 10.0. The van der Waals surface area contributed by atoms with Gasteiger partial charge in [-0.3, -0.25) is 0 Å². The highest BCUT2D eigenvalue weighted by molar-refractivity contribution is 7.18. The fourth-order valence-corrected chi connectivity index (χ4v) is 2.30. The van der Waals surface area contributed by atoms with Gasteiger partial charge < -0.3 is 15.0 Å². The van der Waals surface area contributed by atoms with Gasteiger partial charge in [0, 0.05) is 7.11 Å². The van der Waals surface area contributed by atoms with Crippen molar-refractivity contribution in [2.24, 2.45) is 0 Å². The number of aromatic nitrogens is 3. The molecule has 0 bridgehead atoms. The van der Waals surface area contributed by atoms with Crippen LogP contribution in [0.2, 0.25) is 0 Å². The molecule has 0 spiro atoms. The first-order valence-electron chi connectivity index (χ1n) is 5.62. The molecule has 0 amide bonds. The first-order valence-corrected chi connectivity index (χ1v) is 6.44. The van der Waals surface area contributed by atoms with Crippen LogP contribution >= 0.6 is 11.3 Å². The van der Waals surface area contributed by atoms with E-state index in [4.69, 9.17) is 15.0 Å². The van der Waals surface area contributed by atoms with E-state index in [1.807, 2.05) is 20.8 Å². The fraction of sp³-hybridized carbons (Fsp3) is 0.545. The molecule has 6 nitrogen and oxygen atoms in total. The predicted octanol–water partition coefficient (Wildman–Crippen LogP) is 2.36. The topological polar surface area (TPSA) is 87.1 Å². The van der Waals surface area contributed by atoms with Crippen LogP contribution in [-0.2, 0) is 10.3 Å². The molecule has 0 aliphatic carbocycles. The minimum atomic E-state index is -0.536. The molecule has 0 aliphatic heterocycles. The number of aryl methyl sites for hydroxylation is 1. The molecule has 0 aromatic carbocycles. The van der Waals surface area contributed by atoms with Crippen molar-refractivity contribution in [3.8, 4) is 10.8 Å². The van der Waals surface area contributed by atoms with Crippen molar-refractivity contribution in [2.45, 2.75) is 32.8 Å². The van der Waals surface area contributed by atoms with Gasteiger partial charge in [0.2, 0.25) is 5.82 Å². The van der Waals surface area contributed by atoms with Gasteiger partial charge in [0.1, 0.15) is 10.5 Å². The largest absolute Gasteiger partial charge is 0.375 e. The van der Waals surface area contributed by atoms with Crippen LogP contribution in [0.4, 0.5) is 5.13 Å². The molecule has 98 valence electrons. The summed E-state index contributed by atoms with van der Waals surface area (Å²) >= 11 is 1.34. The van der Waals surface area contributed by atoms with Crippen molar-refractivity contribution in [1.82, 2.24) is 15.1 Å². The van der Waals surface area contributed by atoms with Gasteiger partial charge in [0.15, 0.2) is 5.13 Å². The molecule has 18 heavy (non-hydrogen) atoms. The summed E-state index contributed by atoms with van der Waals surface area (Å²) in [4.78, 5) is 9.32. The molecule has 2 N–H and O–H groups in total. The highest BCUT2D eigenvalue weighted by Gasteiger charge is 2.30. The lowest BCUT2D eigenvalue weighted by Crippen LogP contribution is -2.24. The Bertz CT molecular complexity index is 545. The van der Waals surface area contributed by atoms with Crippen molar-refractivity contribution in [3.05, 3.63) is 11.5 Å². The summed E-state index contributed by atoms with van der Waals surface area (Å²) in [6.45, 7) is 5.80. The molecule has 0 fully saturated rings. The Labute approximate surface area is 109 Å². The fourth-order valence-electron chi connectivity index (χ4n) is 1.54. The Kier molecular flexibility index (Phi) is 3.36. The Hall–Kier alpha value is -1.47. The van der Waals surface area contributed by atoms with Crippen LogP contribution in [0.3, 0.4) is 0 Å². The van der Waals surface area contributed by atoms with E-state index < -0.39 is 5.60 Å². The third-order valence-corrected chi connectivity index (χ3v) is 4.01. The van der Waals surface area contributed by atoms with Crippen molar-refractivity contribution in [1.29, 1.82) is 0 Å². The maximum atomic E-state index is 5.65. The van der Waals surface area contributed by atoms with Gasteiger partial charge in [0.05, 0.1) is 5.69 Å². The summed E-state index contributed by atoms with van der Waals surface area (Å²) in [5, 5.41) is 4.48. The van der Waals surface area contributed by atoms with Gasteiger partial charge in [-0.15, -0.1) is 0 Å². The zero-order valence-corrected chi connectivity index (χ0v) is 11.7. The normalized spacial score (nSPS) is 14.7. The summed E-state index contributed by atoms with van der Waals surface area (Å²) in [6.07, 6.45) is 0.756. The summed E-state index contributed by atoms with van der Waals surface area (Å²) < 4.78 is 10.7. The van der Waals surface area contributed by atoms with E-state index in [0.717, 1.165) is 17.0 Å². The van der Waals surface area contributed by atoms with Crippen LogP contribution in [0.1, 0.15) is 31.8 Å². The minimum absolute atomic E-state index is 0.438. The van der Waals surface area contributed by atoms with E-state index >= 15 is 0 Å². The predicted molar refractivity (Wildman–Crippen MR) is 69.2 cm³/mol. The number of thiazole rings is 1. The van der Waals surface area contributed by atoms with Gasteiger partial charge in [-0.2, -0.15) is 4.98 Å². The minimum Gasteiger partial charge on any atom is -0.375 e. The lowest BCUT2D eigenvalue weighted by Gasteiger charge is -2.21. The van der Waals surface area contributed by atoms with Gasteiger partial charge in [-0.1, -0.05) is 23.4 Å². The smallest absolute Gasteiger partial charge is 0.270 e. The molecule has 0 radical (unpaired) electrons. The van der Waals surface area contributed by atoms with Crippen LogP contribution in [0.15, 0.2) is 4.52 Å². The van der Waals surface area contributed by atoms with Gasteiger partial charge in [-0.25, -0.2) is 4.98 Å². The highest BCUT2D eigenvalue weighted by Crippen LogP contribution is 2.32. The van der Waals surface area contributed by atoms with Crippen molar-refractivity contribution >= 4 is 16.5 Å². The molecule has 1 atom stereocenters. The molecule has 2 rings (SSSR count). The standard InChI is InChI=1S/C11H16N4O2S/c1-5-11(3,16-4)9-14-8(17-15-9)7-6(2)13-10(12)18-7/h5H2,1-4H3,(H2,12,13). The van der Waals surface area contributed by atoms with Gasteiger partial charge in [-0.05, 0) is 20.3 Å². The molecule has 2 heterocycles. The highest BCUT2D eigenvalue weighted by atomic mass is 32.1. The second-order valence-corrected chi connectivity index (χ2v) is 5.21. The number of nitrogens with two attached hydrogens (primary N) is 1. The first kappa shape index (κ1) is 13.0. The Morgan fingerprint density at radius 2 is 2.17 bits per heavy atom. The van der Waals surface area contributed by atoms with Crippen LogP contribution in [0.5, 0.6) is 0 Å². The number of ether oxygens (including phenoxy) is 1. The SMILES string of the molecule is CCC(C)(OC)c1noc(-c2sc(N)nc2C)n1. The van der Waals surface area contributed by atoms with Gasteiger partial charge >= 0.3 is 0 Å². The summed E-state index contributed by atoms with van der Waals surface area (Å²) in [6, 6.07) is 0. The van der Waals surface area contributed by atoms with Crippen LogP contribution in [0, 0.1) is 6.92 Å². The molecule has 2 aromatic rings. The number of rotatable bonds is 4. The van der Waals surface area contributed by atoms with E-state index in [0.29, 0.717) is 16.8 Å². The van der Waals surface area contributed by atoms with Crippen LogP contribution in [0.25, 0.3) is 10.8 Å². The number of methoxy groups -OCH3 is 1. The van der Waals surface area contributed by atoms with E-state index in [2.05, 4.69) is 15.1 Å². The summed E-state index contributed by atoms with van der Waals surface area (Å²) in [5.41, 5.74) is 5.91. The number of nitrogen functional groups attached to an aromatic ring is 1. The molecule has 2 aromatic heterocycles. The van der Waals surface area contributed by atoms with Crippen LogP contribution in [-0.4, -0.2) is 22.2 Å². The average Bonchev–Trinajstić information content (AvgIpc) is 2.95. The Morgan fingerprint density at radius 3 is 2.67 bits per heavy atom. The molecule has 0 aliphatic rings. The number of anilines is 1. The van der Waals surface area contributed by atoms with Crippen molar-refractivity contribution in [2.75, 3.05) is 12.8 Å². The first-order chi connectivity index (χ1) is 8.50. The van der Waals surface area contributed by atoms with Crippen molar-refractivity contribution in [3.63, 3.8) is 0 Å². The maximum Gasteiger partial charge on any atom is 0.270 e. The van der Waals surface area contributed by atoms with Gasteiger partial charge in [0.25, 0.3) is 5.89 Å². The average molecular weight is 268 g/mol. The Balaban J connectivity index is 2.39. The molecule has 0 saturated heterocycles. The second-order valence-electron chi connectivity index (χ2n) is 4.18. The molecule has 7 heteroatoms. The lowest BCUT2D eigenvalue weighted by molar-refractivity contribution is -0.0106. The van der Waals surface area contributed by atoms with E-state index in [1.165, 1.54) is 11.3 Å². The summed E-state index contributed by atoms with van der Waals surface area (Å²) in [7, 11) is 1.63. The maximum absolute atomic E-state index is 5.65. The zero-order chi connectivity index (χ0) is 13.3. The number of hydrogen-bond donors (Lipinski definition) is 1. The molecular formula is C11H16N4O2S. The molecular weight excluding hydrogens is 252 g/mol. The zero-order valence-electron chi connectivity index (χ0n) is 10.9. The Morgan fingerprint density at radius 1 is 1.44 bits per heavy atom. The van der Waals surface area contributed by atoms with E-state index in [1.54, 1.807) is 7.11 Å². The van der Waals surface area contributed by atoms with E-state index in [9.17, 15) is 0 Å². The summed E-state index contributed by atoms with van der Waals surface area (Å²) in [5.74, 6) is 0.974. The van der Waals surface area contributed by atoms with Crippen molar-refractivity contribution < 1.29 is 9.26 Å². The quantitative estimate of drug-likeness (QED) is 0.915. The molecule has 0 saturated carbocycles. The van der Waals surface area contributed by atoms with Crippen LogP contribution < -0.4 is 5.73 Å². The third kappa shape index (κ3) is 2.11. The third-order valence-electron chi connectivity index (χ3n) is 3.03. The second kappa shape index (κ2) is 4.66. The molecule has 1 unspecified atom stereocenters.